The fourth-order valence-corrected chi connectivity index (χ4v) is 3.18. The van der Waals surface area contributed by atoms with E-state index in [1.165, 1.54) is 6.07 Å². The van der Waals surface area contributed by atoms with Crippen molar-refractivity contribution in [1.29, 1.82) is 0 Å². The third-order valence-electron chi connectivity index (χ3n) is 5.04. The highest BCUT2D eigenvalue weighted by atomic mass is 19.1. The molecule has 0 radical (unpaired) electrons. The molecule has 7 nitrogen and oxygen atoms in total. The Hall–Kier alpha value is -3.29. The monoisotopic (exact) mass is 425 g/mol. The molecule has 0 unspecified atom stereocenters. The largest absolute Gasteiger partial charge is 0.350 e. The molecule has 1 aromatic carbocycles. The van der Waals surface area contributed by atoms with Crippen molar-refractivity contribution in [3.63, 3.8) is 0 Å². The summed E-state index contributed by atoms with van der Waals surface area (Å²) in [5, 5.41) is 10.6. The van der Waals surface area contributed by atoms with E-state index < -0.39 is 5.82 Å². The second-order valence-corrected chi connectivity index (χ2v) is 8.15. The second-order valence-electron chi connectivity index (χ2n) is 8.15. The Morgan fingerprint density at radius 3 is 2.35 bits per heavy atom. The summed E-state index contributed by atoms with van der Waals surface area (Å²) < 4.78 is 15.4. The number of pyridine rings is 1. The molecule has 164 valence electrons. The molecule has 3 aromatic rings. The zero-order chi connectivity index (χ0) is 22.7. The van der Waals surface area contributed by atoms with Crippen LogP contribution in [0.5, 0.6) is 0 Å². The van der Waals surface area contributed by atoms with Crippen molar-refractivity contribution in [3.05, 3.63) is 58.7 Å². The summed E-state index contributed by atoms with van der Waals surface area (Å²) in [4.78, 5) is 29.7. The van der Waals surface area contributed by atoms with Gasteiger partial charge in [-0.05, 0) is 50.5 Å². The topological polar surface area (TPSA) is 88.9 Å². The molecule has 3 rings (SSSR count). The molecule has 2 amide bonds. The van der Waals surface area contributed by atoms with Crippen LogP contribution in [0.25, 0.3) is 11.0 Å². The van der Waals surface area contributed by atoms with E-state index in [-0.39, 0.29) is 42.4 Å². The molecule has 2 aromatic heterocycles. The summed E-state index contributed by atoms with van der Waals surface area (Å²) in [6, 6.07) is 6.24. The predicted molar refractivity (Wildman–Crippen MR) is 118 cm³/mol. The normalized spacial score (nSPS) is 11.4. The molecule has 2 heterocycles. The van der Waals surface area contributed by atoms with E-state index in [0.29, 0.717) is 22.2 Å². The number of hydrogen-bond donors (Lipinski definition) is 2. The number of aromatic nitrogens is 3. The highest BCUT2D eigenvalue weighted by molar-refractivity contribution is 6.05. The van der Waals surface area contributed by atoms with E-state index in [1.54, 1.807) is 36.0 Å². The van der Waals surface area contributed by atoms with Gasteiger partial charge in [0.1, 0.15) is 5.82 Å². The molecule has 0 saturated carbocycles. The Bertz CT molecular complexity index is 1120. The SMILES string of the molecule is Cc1ccc(C(=O)NCCNC(=O)c2cc(C(C)C)nc3c2cnn3C(C)C)cc1F. The van der Waals surface area contributed by atoms with E-state index >= 15 is 0 Å². The molecule has 0 atom stereocenters. The van der Waals surface area contributed by atoms with Gasteiger partial charge < -0.3 is 10.6 Å². The van der Waals surface area contributed by atoms with Gasteiger partial charge in [-0.25, -0.2) is 14.1 Å². The summed E-state index contributed by atoms with van der Waals surface area (Å²) in [6.07, 6.45) is 1.66. The maximum atomic E-state index is 13.6. The van der Waals surface area contributed by atoms with Gasteiger partial charge in [0.2, 0.25) is 0 Å². The summed E-state index contributed by atoms with van der Waals surface area (Å²) in [7, 11) is 0. The van der Waals surface area contributed by atoms with Gasteiger partial charge in [0.05, 0.1) is 17.1 Å². The third kappa shape index (κ3) is 4.90. The first-order chi connectivity index (χ1) is 14.7. The van der Waals surface area contributed by atoms with Crippen LogP contribution < -0.4 is 10.6 Å². The van der Waals surface area contributed by atoms with Crippen molar-refractivity contribution < 1.29 is 14.0 Å². The number of aryl methyl sites for hydroxylation is 1. The van der Waals surface area contributed by atoms with Gasteiger partial charge in [0.25, 0.3) is 11.8 Å². The van der Waals surface area contributed by atoms with Gasteiger partial charge in [0, 0.05) is 30.4 Å². The summed E-state index contributed by atoms with van der Waals surface area (Å²) in [5.74, 6) is -0.917. The van der Waals surface area contributed by atoms with Crippen LogP contribution in [0, 0.1) is 12.7 Å². The molecule has 0 aliphatic carbocycles. The average molecular weight is 426 g/mol. The minimum atomic E-state index is -0.425. The highest BCUT2D eigenvalue weighted by Gasteiger charge is 2.19. The Morgan fingerprint density at radius 2 is 1.74 bits per heavy atom. The van der Waals surface area contributed by atoms with Crippen molar-refractivity contribution in [1.82, 2.24) is 25.4 Å². The van der Waals surface area contributed by atoms with Gasteiger partial charge >= 0.3 is 0 Å². The summed E-state index contributed by atoms with van der Waals surface area (Å²) in [6.45, 7) is 10.2. The maximum absolute atomic E-state index is 13.6. The number of rotatable bonds is 7. The minimum absolute atomic E-state index is 0.116. The van der Waals surface area contributed by atoms with Crippen molar-refractivity contribution in [2.45, 2.75) is 46.6 Å². The van der Waals surface area contributed by atoms with Crippen molar-refractivity contribution in [2.24, 2.45) is 0 Å². The lowest BCUT2D eigenvalue weighted by atomic mass is 10.0. The fraction of sp³-hybridized carbons (Fsp3) is 0.391. The zero-order valence-corrected chi connectivity index (χ0v) is 18.5. The molecule has 8 heteroatoms. The Balaban J connectivity index is 1.69. The smallest absolute Gasteiger partial charge is 0.252 e. The lowest BCUT2D eigenvalue weighted by Gasteiger charge is -2.12. The van der Waals surface area contributed by atoms with Gasteiger partial charge in [0.15, 0.2) is 5.65 Å². The highest BCUT2D eigenvalue weighted by Crippen LogP contribution is 2.24. The van der Waals surface area contributed by atoms with Gasteiger partial charge in [-0.1, -0.05) is 19.9 Å². The molecule has 0 fully saturated rings. The van der Waals surface area contributed by atoms with E-state index in [9.17, 15) is 14.0 Å². The Labute approximate surface area is 181 Å². The van der Waals surface area contributed by atoms with E-state index in [2.05, 4.69) is 15.7 Å². The Morgan fingerprint density at radius 1 is 1.06 bits per heavy atom. The van der Waals surface area contributed by atoms with E-state index in [1.807, 2.05) is 27.7 Å². The lowest BCUT2D eigenvalue weighted by Crippen LogP contribution is -2.34. The molecule has 2 N–H and O–H groups in total. The lowest BCUT2D eigenvalue weighted by molar-refractivity contribution is 0.0928. The number of carbonyl (C=O) groups excluding carboxylic acids is 2. The Kier molecular flexibility index (Phi) is 6.68. The maximum Gasteiger partial charge on any atom is 0.252 e. The number of carbonyl (C=O) groups is 2. The molecular formula is C23H28FN5O2. The average Bonchev–Trinajstić information content (AvgIpc) is 3.16. The quantitative estimate of drug-likeness (QED) is 0.565. The first-order valence-electron chi connectivity index (χ1n) is 10.4. The number of benzene rings is 1. The second kappa shape index (κ2) is 9.24. The van der Waals surface area contributed by atoms with Crippen LogP contribution in [0.15, 0.2) is 30.5 Å². The van der Waals surface area contributed by atoms with Crippen LogP contribution in [0.1, 0.15) is 71.6 Å². The van der Waals surface area contributed by atoms with Crippen LogP contribution in [0.3, 0.4) is 0 Å². The van der Waals surface area contributed by atoms with Crippen molar-refractivity contribution in [3.8, 4) is 0 Å². The molecule has 0 aliphatic heterocycles. The molecule has 31 heavy (non-hydrogen) atoms. The number of nitrogens with one attached hydrogen (secondary N) is 2. The van der Waals surface area contributed by atoms with Crippen LogP contribution in [0.4, 0.5) is 4.39 Å². The van der Waals surface area contributed by atoms with Crippen LogP contribution in [-0.4, -0.2) is 39.7 Å². The van der Waals surface area contributed by atoms with Crippen LogP contribution in [0.2, 0.25) is 0 Å². The number of amides is 2. The van der Waals surface area contributed by atoms with Crippen LogP contribution >= 0.6 is 0 Å². The summed E-state index contributed by atoms with van der Waals surface area (Å²) in [5.41, 5.74) is 2.73. The van der Waals surface area contributed by atoms with Gasteiger partial charge in [-0.3, -0.25) is 9.59 Å². The molecule has 0 saturated heterocycles. The van der Waals surface area contributed by atoms with Gasteiger partial charge in [-0.15, -0.1) is 0 Å². The van der Waals surface area contributed by atoms with Crippen molar-refractivity contribution >= 4 is 22.8 Å². The third-order valence-corrected chi connectivity index (χ3v) is 5.04. The van der Waals surface area contributed by atoms with E-state index in [4.69, 9.17) is 4.98 Å². The number of halogens is 1. The van der Waals surface area contributed by atoms with Gasteiger partial charge in [-0.2, -0.15) is 5.10 Å². The van der Waals surface area contributed by atoms with Crippen LogP contribution in [-0.2, 0) is 0 Å². The summed E-state index contributed by atoms with van der Waals surface area (Å²) >= 11 is 0. The number of nitrogens with zero attached hydrogens (tertiary/aromatic N) is 3. The van der Waals surface area contributed by atoms with E-state index in [0.717, 1.165) is 5.69 Å². The predicted octanol–water partition coefficient (Wildman–Crippen LogP) is 3.74. The number of fused-ring (bicyclic) bond motifs is 1. The number of hydrogen-bond acceptors (Lipinski definition) is 4. The molecule has 0 bridgehead atoms. The molecule has 0 spiro atoms. The van der Waals surface area contributed by atoms with Crippen molar-refractivity contribution in [2.75, 3.05) is 13.1 Å². The first kappa shape index (κ1) is 22.4. The fourth-order valence-electron chi connectivity index (χ4n) is 3.18. The standard InChI is InChI=1S/C23H28FN5O2/c1-13(2)20-11-17(18-12-27-29(14(3)4)21(18)28-20)23(31)26-9-8-25-22(30)16-7-6-15(5)19(24)10-16/h6-7,10-14H,8-9H2,1-5H3,(H,25,30)(H,26,31). The molecular weight excluding hydrogens is 397 g/mol. The first-order valence-corrected chi connectivity index (χ1v) is 10.4. The zero-order valence-electron chi connectivity index (χ0n) is 18.5. The minimum Gasteiger partial charge on any atom is -0.350 e. The molecule has 0 aliphatic rings.